The number of carbonyl (C=O) groups is 3. The molecule has 0 saturated heterocycles. The molecule has 0 atom stereocenters. The van der Waals surface area contributed by atoms with E-state index in [1.165, 1.54) is 0 Å². The molecule has 0 unspecified atom stereocenters. The van der Waals surface area contributed by atoms with Gasteiger partial charge in [-0.05, 0) is 31.9 Å². The number of benzene rings is 1. The third-order valence-corrected chi connectivity index (χ3v) is 4.73. The molecule has 2 aromatic rings. The number of thiophene rings is 1. The Kier molecular flexibility index (Phi) is 6.91. The molecule has 1 aromatic heterocycles. The van der Waals surface area contributed by atoms with Crippen LogP contribution in [0.4, 0.5) is 5.00 Å². The fourth-order valence-corrected chi connectivity index (χ4v) is 3.50. The lowest BCUT2D eigenvalue weighted by atomic mass is 10.1. The molecule has 0 bridgehead atoms. The predicted octanol–water partition coefficient (Wildman–Crippen LogP) is 3.59. The van der Waals surface area contributed by atoms with Crippen LogP contribution < -0.4 is 5.32 Å². The first-order valence-electron chi connectivity index (χ1n) is 8.29. The van der Waals surface area contributed by atoms with Crippen LogP contribution in [0.1, 0.15) is 45.0 Å². The smallest absolute Gasteiger partial charge is 0.348 e. The Hall–Kier alpha value is -2.67. The van der Waals surface area contributed by atoms with Crippen LogP contribution in [0.5, 0.6) is 0 Å². The van der Waals surface area contributed by atoms with Gasteiger partial charge in [-0.2, -0.15) is 0 Å². The van der Waals surface area contributed by atoms with E-state index in [2.05, 4.69) is 5.32 Å². The molecule has 0 fully saturated rings. The topological polar surface area (TPSA) is 81.7 Å². The summed E-state index contributed by atoms with van der Waals surface area (Å²) in [5.74, 6) is -1.38. The van der Waals surface area contributed by atoms with E-state index >= 15 is 0 Å². The summed E-state index contributed by atoms with van der Waals surface area (Å²) in [6.45, 7) is 5.46. The van der Waals surface area contributed by atoms with E-state index in [1.54, 1.807) is 20.8 Å². The summed E-state index contributed by atoms with van der Waals surface area (Å²) in [5, 5.41) is 3.02. The number of esters is 2. The highest BCUT2D eigenvalue weighted by molar-refractivity contribution is 7.18. The molecule has 1 N–H and O–H groups in total. The summed E-state index contributed by atoms with van der Waals surface area (Å²) in [7, 11) is 0. The second-order valence-electron chi connectivity index (χ2n) is 5.41. The first-order chi connectivity index (χ1) is 12.5. The number of anilines is 1. The van der Waals surface area contributed by atoms with Gasteiger partial charge in [-0.1, -0.05) is 30.3 Å². The minimum absolute atomic E-state index is 0.162. The average Bonchev–Trinajstić information content (AvgIpc) is 2.92. The van der Waals surface area contributed by atoms with Gasteiger partial charge in [0.25, 0.3) is 0 Å². The van der Waals surface area contributed by atoms with E-state index in [9.17, 15) is 14.4 Å². The van der Waals surface area contributed by atoms with Crippen molar-refractivity contribution in [3.63, 3.8) is 0 Å². The molecule has 0 radical (unpaired) electrons. The minimum Gasteiger partial charge on any atom is -0.462 e. The second-order valence-corrected chi connectivity index (χ2v) is 6.43. The van der Waals surface area contributed by atoms with E-state index in [0.717, 1.165) is 16.9 Å². The van der Waals surface area contributed by atoms with Gasteiger partial charge in [0.15, 0.2) is 0 Å². The number of rotatable bonds is 7. The molecule has 0 saturated carbocycles. The SMILES string of the molecule is CCOC(=O)c1sc(NC(=O)Cc2ccccc2)c(C(=O)OCC)c1C. The van der Waals surface area contributed by atoms with Crippen molar-refractivity contribution in [1.29, 1.82) is 0 Å². The Bertz CT molecular complexity index is 798. The van der Waals surface area contributed by atoms with Gasteiger partial charge in [-0.3, -0.25) is 4.79 Å². The summed E-state index contributed by atoms with van der Waals surface area (Å²) in [5.41, 5.74) is 1.49. The Morgan fingerprint density at radius 1 is 1.00 bits per heavy atom. The van der Waals surface area contributed by atoms with Crippen LogP contribution in [-0.4, -0.2) is 31.1 Å². The van der Waals surface area contributed by atoms with Gasteiger partial charge in [0.05, 0.1) is 25.2 Å². The van der Waals surface area contributed by atoms with Crippen molar-refractivity contribution < 1.29 is 23.9 Å². The lowest BCUT2D eigenvalue weighted by molar-refractivity contribution is -0.115. The lowest BCUT2D eigenvalue weighted by Gasteiger charge is -2.07. The third-order valence-electron chi connectivity index (χ3n) is 3.55. The standard InChI is InChI=1S/C19H21NO5S/c1-4-24-18(22)15-12(3)16(19(23)25-5-2)26-17(15)20-14(21)11-13-9-7-6-8-10-13/h6-10H,4-5,11H2,1-3H3,(H,20,21). The van der Waals surface area contributed by atoms with E-state index in [-0.39, 0.29) is 36.0 Å². The van der Waals surface area contributed by atoms with Crippen LogP contribution in [-0.2, 0) is 20.7 Å². The first-order valence-corrected chi connectivity index (χ1v) is 9.10. The van der Waals surface area contributed by atoms with Gasteiger partial charge in [-0.25, -0.2) is 9.59 Å². The van der Waals surface area contributed by atoms with E-state index in [0.29, 0.717) is 10.6 Å². The van der Waals surface area contributed by atoms with Crippen molar-refractivity contribution in [3.8, 4) is 0 Å². The normalized spacial score (nSPS) is 10.3. The molecular formula is C19H21NO5S. The molecule has 0 aliphatic carbocycles. The molecule has 1 heterocycles. The third kappa shape index (κ3) is 4.70. The number of hydrogen-bond donors (Lipinski definition) is 1. The zero-order valence-electron chi connectivity index (χ0n) is 15.0. The highest BCUT2D eigenvalue weighted by atomic mass is 32.1. The van der Waals surface area contributed by atoms with Crippen molar-refractivity contribution in [2.24, 2.45) is 0 Å². The molecule has 26 heavy (non-hydrogen) atoms. The second kappa shape index (κ2) is 9.15. The summed E-state index contributed by atoms with van der Waals surface area (Å²) in [6.07, 6.45) is 0.162. The zero-order valence-corrected chi connectivity index (χ0v) is 15.8. The summed E-state index contributed by atoms with van der Waals surface area (Å²) < 4.78 is 10.1. The van der Waals surface area contributed by atoms with E-state index in [4.69, 9.17) is 9.47 Å². The molecule has 1 amide bonds. The Labute approximate surface area is 156 Å². The van der Waals surface area contributed by atoms with Gasteiger partial charge in [0.2, 0.25) is 5.91 Å². The van der Waals surface area contributed by atoms with Crippen LogP contribution in [0.15, 0.2) is 30.3 Å². The van der Waals surface area contributed by atoms with Crippen molar-refractivity contribution in [3.05, 3.63) is 51.9 Å². The number of hydrogen-bond acceptors (Lipinski definition) is 6. The summed E-state index contributed by atoms with van der Waals surface area (Å²) in [4.78, 5) is 37.1. The monoisotopic (exact) mass is 375 g/mol. The van der Waals surface area contributed by atoms with Crippen LogP contribution in [0.25, 0.3) is 0 Å². The predicted molar refractivity (Wildman–Crippen MR) is 99.7 cm³/mol. The van der Waals surface area contributed by atoms with Crippen LogP contribution in [0.2, 0.25) is 0 Å². The van der Waals surface area contributed by atoms with Crippen molar-refractivity contribution >= 4 is 34.2 Å². The number of ether oxygens (including phenoxy) is 2. The van der Waals surface area contributed by atoms with Crippen molar-refractivity contribution in [2.75, 3.05) is 18.5 Å². The maximum Gasteiger partial charge on any atom is 0.348 e. The molecular weight excluding hydrogens is 354 g/mol. The molecule has 6 nitrogen and oxygen atoms in total. The average molecular weight is 375 g/mol. The maximum absolute atomic E-state index is 12.4. The fourth-order valence-electron chi connectivity index (χ4n) is 2.39. The van der Waals surface area contributed by atoms with Gasteiger partial charge in [-0.15, -0.1) is 11.3 Å². The van der Waals surface area contributed by atoms with Gasteiger partial charge < -0.3 is 14.8 Å². The maximum atomic E-state index is 12.4. The van der Waals surface area contributed by atoms with Crippen LogP contribution >= 0.6 is 11.3 Å². The van der Waals surface area contributed by atoms with Crippen molar-refractivity contribution in [1.82, 2.24) is 0 Å². The molecule has 0 aliphatic heterocycles. The largest absolute Gasteiger partial charge is 0.462 e. The zero-order chi connectivity index (χ0) is 19.1. The number of carbonyl (C=O) groups excluding carboxylic acids is 3. The van der Waals surface area contributed by atoms with Gasteiger partial charge >= 0.3 is 11.9 Å². The minimum atomic E-state index is -0.577. The first kappa shape index (κ1) is 19.7. The molecule has 1 aromatic carbocycles. The highest BCUT2D eigenvalue weighted by Crippen LogP contribution is 2.34. The quantitative estimate of drug-likeness (QED) is 0.748. The van der Waals surface area contributed by atoms with Crippen LogP contribution in [0, 0.1) is 6.92 Å². The molecule has 2 rings (SSSR count). The van der Waals surface area contributed by atoms with Gasteiger partial charge in [0, 0.05) is 0 Å². The number of nitrogens with one attached hydrogen (secondary N) is 1. The highest BCUT2D eigenvalue weighted by Gasteiger charge is 2.27. The van der Waals surface area contributed by atoms with E-state index < -0.39 is 11.9 Å². The summed E-state index contributed by atoms with van der Waals surface area (Å²) in [6, 6.07) is 9.25. The summed E-state index contributed by atoms with van der Waals surface area (Å²) >= 11 is 1.02. The number of amides is 1. The Balaban J connectivity index is 2.30. The molecule has 138 valence electrons. The molecule has 0 spiro atoms. The molecule has 7 heteroatoms. The van der Waals surface area contributed by atoms with E-state index in [1.807, 2.05) is 30.3 Å². The van der Waals surface area contributed by atoms with Gasteiger partial charge in [0.1, 0.15) is 9.88 Å². The fraction of sp³-hybridized carbons (Fsp3) is 0.316. The Morgan fingerprint density at radius 2 is 1.62 bits per heavy atom. The van der Waals surface area contributed by atoms with Crippen molar-refractivity contribution in [2.45, 2.75) is 27.2 Å². The van der Waals surface area contributed by atoms with Crippen LogP contribution in [0.3, 0.4) is 0 Å². The lowest BCUT2D eigenvalue weighted by Crippen LogP contribution is -2.16. The molecule has 0 aliphatic rings. The Morgan fingerprint density at radius 3 is 2.23 bits per heavy atom.